The number of nitrogens with one attached hydrogen (secondary N) is 1. The van der Waals surface area contributed by atoms with E-state index in [-0.39, 0.29) is 18.4 Å². The van der Waals surface area contributed by atoms with Crippen LogP contribution in [0.4, 0.5) is 11.4 Å². The fraction of sp³-hybridized carbons (Fsp3) is 0.385. The van der Waals surface area contributed by atoms with Crippen molar-refractivity contribution in [3.63, 3.8) is 0 Å². The standard InChI is InChI=1S/C13H16N2O3/c1-8(2)12(13(17)18)15-7-11(16)14-9-5-3-4-6-10(9)15/h3-6,8,12H,7H2,1-2H3,(H,14,16)(H,17,18). The van der Waals surface area contributed by atoms with E-state index in [2.05, 4.69) is 5.32 Å². The Balaban J connectivity index is 2.44. The first-order valence-corrected chi connectivity index (χ1v) is 5.89. The van der Waals surface area contributed by atoms with Crippen LogP contribution in [0.15, 0.2) is 24.3 Å². The van der Waals surface area contributed by atoms with E-state index in [1.54, 1.807) is 11.0 Å². The van der Waals surface area contributed by atoms with Gasteiger partial charge < -0.3 is 15.3 Å². The molecule has 0 saturated carbocycles. The summed E-state index contributed by atoms with van der Waals surface area (Å²) in [5.74, 6) is -1.17. The molecule has 1 heterocycles. The van der Waals surface area contributed by atoms with Gasteiger partial charge in [0.2, 0.25) is 5.91 Å². The van der Waals surface area contributed by atoms with E-state index >= 15 is 0 Å². The third kappa shape index (κ3) is 2.16. The lowest BCUT2D eigenvalue weighted by Gasteiger charge is -2.36. The Kier molecular flexibility index (Phi) is 3.23. The van der Waals surface area contributed by atoms with Crippen molar-refractivity contribution in [1.29, 1.82) is 0 Å². The van der Waals surface area contributed by atoms with Crippen LogP contribution in [-0.2, 0) is 9.59 Å². The Morgan fingerprint density at radius 1 is 1.39 bits per heavy atom. The topological polar surface area (TPSA) is 69.6 Å². The number of aliphatic carboxylic acids is 1. The summed E-state index contributed by atoms with van der Waals surface area (Å²) in [4.78, 5) is 24.7. The summed E-state index contributed by atoms with van der Waals surface area (Å²) < 4.78 is 0. The second-order valence-electron chi connectivity index (χ2n) is 4.72. The summed E-state index contributed by atoms with van der Waals surface area (Å²) in [6.45, 7) is 3.76. The fourth-order valence-electron chi connectivity index (χ4n) is 2.29. The molecular formula is C13H16N2O3. The van der Waals surface area contributed by atoms with Gasteiger partial charge >= 0.3 is 5.97 Å². The molecule has 0 bridgehead atoms. The van der Waals surface area contributed by atoms with Crippen LogP contribution in [0.25, 0.3) is 0 Å². The lowest BCUT2D eigenvalue weighted by atomic mass is 10.0. The summed E-state index contributed by atoms with van der Waals surface area (Å²) in [7, 11) is 0. The van der Waals surface area contributed by atoms with Gasteiger partial charge in [-0.1, -0.05) is 26.0 Å². The number of hydrogen-bond acceptors (Lipinski definition) is 3. The third-order valence-electron chi connectivity index (χ3n) is 3.02. The number of carboxylic acids is 1. The van der Waals surface area contributed by atoms with Crippen molar-refractivity contribution in [2.75, 3.05) is 16.8 Å². The maximum atomic E-state index is 11.6. The molecule has 2 rings (SSSR count). The fourth-order valence-corrected chi connectivity index (χ4v) is 2.29. The molecule has 0 aliphatic carbocycles. The maximum absolute atomic E-state index is 11.6. The zero-order valence-electron chi connectivity index (χ0n) is 10.4. The first-order valence-electron chi connectivity index (χ1n) is 5.89. The molecule has 1 aliphatic rings. The quantitative estimate of drug-likeness (QED) is 0.851. The summed E-state index contributed by atoms with van der Waals surface area (Å²) in [6.07, 6.45) is 0. The second-order valence-corrected chi connectivity index (χ2v) is 4.72. The first-order chi connectivity index (χ1) is 8.50. The summed E-state index contributed by atoms with van der Waals surface area (Å²) in [5.41, 5.74) is 1.43. The molecule has 1 aromatic carbocycles. The highest BCUT2D eigenvalue weighted by Gasteiger charge is 2.34. The van der Waals surface area contributed by atoms with Gasteiger partial charge in [0, 0.05) is 0 Å². The molecule has 18 heavy (non-hydrogen) atoms. The van der Waals surface area contributed by atoms with Crippen LogP contribution in [-0.4, -0.2) is 29.6 Å². The zero-order chi connectivity index (χ0) is 13.3. The van der Waals surface area contributed by atoms with Crippen molar-refractivity contribution in [3.05, 3.63) is 24.3 Å². The molecule has 0 spiro atoms. The molecule has 1 aromatic rings. The number of carbonyl (C=O) groups is 2. The van der Waals surface area contributed by atoms with Gasteiger partial charge in [-0.2, -0.15) is 0 Å². The molecule has 2 N–H and O–H groups in total. The van der Waals surface area contributed by atoms with Gasteiger partial charge in [0.05, 0.1) is 17.9 Å². The smallest absolute Gasteiger partial charge is 0.326 e. The van der Waals surface area contributed by atoms with Gasteiger partial charge in [-0.25, -0.2) is 4.79 Å². The number of benzene rings is 1. The zero-order valence-corrected chi connectivity index (χ0v) is 10.4. The minimum Gasteiger partial charge on any atom is -0.480 e. The van der Waals surface area contributed by atoms with Gasteiger partial charge in [-0.3, -0.25) is 4.79 Å². The summed E-state index contributed by atoms with van der Waals surface area (Å²) >= 11 is 0. The molecule has 5 nitrogen and oxygen atoms in total. The van der Waals surface area contributed by atoms with Gasteiger partial charge in [0.25, 0.3) is 0 Å². The predicted molar refractivity (Wildman–Crippen MR) is 68.7 cm³/mol. The van der Waals surface area contributed by atoms with Crippen LogP contribution in [0.3, 0.4) is 0 Å². The SMILES string of the molecule is CC(C)C(C(=O)O)N1CC(=O)Nc2ccccc21. The normalized spacial score (nSPS) is 16.2. The van der Waals surface area contributed by atoms with Gasteiger partial charge in [0.15, 0.2) is 0 Å². The third-order valence-corrected chi connectivity index (χ3v) is 3.02. The molecule has 0 saturated heterocycles. The van der Waals surface area contributed by atoms with Crippen molar-refractivity contribution in [3.8, 4) is 0 Å². The van der Waals surface area contributed by atoms with Crippen LogP contribution >= 0.6 is 0 Å². The Hall–Kier alpha value is -2.04. The summed E-state index contributed by atoms with van der Waals surface area (Å²) in [5, 5.41) is 12.1. The highest BCUT2D eigenvalue weighted by atomic mass is 16.4. The van der Waals surface area contributed by atoms with Crippen LogP contribution in [0.2, 0.25) is 0 Å². The highest BCUT2D eigenvalue weighted by molar-refractivity contribution is 6.02. The lowest BCUT2D eigenvalue weighted by Crippen LogP contribution is -2.50. The average molecular weight is 248 g/mol. The highest BCUT2D eigenvalue weighted by Crippen LogP contribution is 2.32. The predicted octanol–water partition coefficient (Wildman–Crippen LogP) is 1.55. The van der Waals surface area contributed by atoms with E-state index in [0.29, 0.717) is 5.69 Å². The molecule has 0 radical (unpaired) electrons. The molecule has 0 fully saturated rings. The minimum atomic E-state index is -0.908. The number of anilines is 2. The van der Waals surface area contributed by atoms with Crippen LogP contribution in [0, 0.1) is 5.92 Å². The largest absolute Gasteiger partial charge is 0.480 e. The van der Waals surface area contributed by atoms with E-state index in [0.717, 1.165) is 5.69 Å². The van der Waals surface area contributed by atoms with Crippen molar-refractivity contribution < 1.29 is 14.7 Å². The molecular weight excluding hydrogens is 232 g/mol. The van der Waals surface area contributed by atoms with Crippen LogP contribution in [0.1, 0.15) is 13.8 Å². The van der Waals surface area contributed by atoms with Crippen molar-refractivity contribution in [1.82, 2.24) is 0 Å². The molecule has 5 heteroatoms. The number of hydrogen-bond donors (Lipinski definition) is 2. The molecule has 1 aliphatic heterocycles. The van der Waals surface area contributed by atoms with E-state index < -0.39 is 12.0 Å². The Bertz CT molecular complexity index is 485. The summed E-state index contributed by atoms with van der Waals surface area (Å²) in [6, 6.07) is 6.55. The van der Waals surface area contributed by atoms with Crippen molar-refractivity contribution in [2.24, 2.45) is 5.92 Å². The van der Waals surface area contributed by atoms with Crippen molar-refractivity contribution >= 4 is 23.3 Å². The van der Waals surface area contributed by atoms with Crippen LogP contribution in [0.5, 0.6) is 0 Å². The maximum Gasteiger partial charge on any atom is 0.326 e. The minimum absolute atomic E-state index is 0.0756. The lowest BCUT2D eigenvalue weighted by molar-refractivity contribution is -0.139. The van der Waals surface area contributed by atoms with Crippen LogP contribution < -0.4 is 10.2 Å². The number of nitrogens with zero attached hydrogens (tertiary/aromatic N) is 1. The van der Waals surface area contributed by atoms with E-state index in [1.165, 1.54) is 0 Å². The molecule has 0 aromatic heterocycles. The van der Waals surface area contributed by atoms with Gasteiger partial charge in [-0.05, 0) is 18.1 Å². The number of carbonyl (C=O) groups excluding carboxylic acids is 1. The number of amides is 1. The number of rotatable bonds is 3. The van der Waals surface area contributed by atoms with E-state index in [9.17, 15) is 14.7 Å². The second kappa shape index (κ2) is 4.68. The van der Waals surface area contributed by atoms with E-state index in [1.807, 2.05) is 32.0 Å². The van der Waals surface area contributed by atoms with Gasteiger partial charge in [-0.15, -0.1) is 0 Å². The first kappa shape index (κ1) is 12.4. The average Bonchev–Trinajstić information content (AvgIpc) is 2.27. The number of para-hydroxylation sites is 2. The molecule has 1 unspecified atom stereocenters. The molecule has 96 valence electrons. The Morgan fingerprint density at radius 2 is 2.06 bits per heavy atom. The number of carboxylic acid groups (broad SMARTS) is 1. The Morgan fingerprint density at radius 3 is 2.67 bits per heavy atom. The monoisotopic (exact) mass is 248 g/mol. The van der Waals surface area contributed by atoms with Gasteiger partial charge in [0.1, 0.15) is 6.04 Å². The number of fused-ring (bicyclic) bond motifs is 1. The molecule has 1 amide bonds. The Labute approximate surface area is 105 Å². The van der Waals surface area contributed by atoms with E-state index in [4.69, 9.17) is 0 Å². The van der Waals surface area contributed by atoms with Crippen molar-refractivity contribution in [2.45, 2.75) is 19.9 Å². The molecule has 1 atom stereocenters.